The quantitative estimate of drug-likeness (QED) is 0.790. The fourth-order valence-corrected chi connectivity index (χ4v) is 2.07. The molecule has 1 aliphatic heterocycles. The molecule has 3 nitrogen and oxygen atoms in total. The van der Waals surface area contributed by atoms with Crippen LogP contribution in [0.3, 0.4) is 0 Å². The van der Waals surface area contributed by atoms with E-state index in [2.05, 4.69) is 5.16 Å². The summed E-state index contributed by atoms with van der Waals surface area (Å²) in [7, 11) is 0. The molecule has 0 spiro atoms. The predicted molar refractivity (Wildman–Crippen MR) is 68.7 cm³/mol. The van der Waals surface area contributed by atoms with Gasteiger partial charge in [-0.15, -0.1) is 11.6 Å². The normalized spacial score (nSPS) is 24.1. The van der Waals surface area contributed by atoms with Gasteiger partial charge in [0.25, 0.3) is 0 Å². The largest absolute Gasteiger partial charge is 0.363 e. The molecule has 0 amide bonds. The van der Waals surface area contributed by atoms with E-state index < -0.39 is 0 Å². The van der Waals surface area contributed by atoms with E-state index in [9.17, 15) is 0 Å². The third-order valence-corrected chi connectivity index (χ3v) is 3.09. The van der Waals surface area contributed by atoms with Gasteiger partial charge in [-0.1, -0.05) is 28.9 Å². The van der Waals surface area contributed by atoms with Crippen molar-refractivity contribution in [2.75, 3.05) is 6.61 Å². The van der Waals surface area contributed by atoms with Crippen LogP contribution in [0.5, 0.6) is 0 Å². The van der Waals surface area contributed by atoms with Gasteiger partial charge < -0.3 is 9.57 Å². The molecular formula is C12H13Cl2NO2. The third kappa shape index (κ3) is 3.12. The molecule has 0 unspecified atom stereocenters. The monoisotopic (exact) mass is 273 g/mol. The molecule has 92 valence electrons. The molecule has 2 atom stereocenters. The Morgan fingerprint density at radius 3 is 2.71 bits per heavy atom. The lowest BCUT2D eigenvalue weighted by Crippen LogP contribution is -2.30. The number of nitrogens with zero attached hydrogens (tertiary/aromatic N) is 1. The van der Waals surface area contributed by atoms with Crippen LogP contribution in [0.1, 0.15) is 18.9 Å². The molecule has 17 heavy (non-hydrogen) atoms. The summed E-state index contributed by atoms with van der Waals surface area (Å²) in [6.07, 6.45) is 0.246. The highest BCUT2D eigenvalue weighted by atomic mass is 35.5. The number of hydrogen-bond acceptors (Lipinski definition) is 3. The molecule has 1 aliphatic rings. The van der Waals surface area contributed by atoms with Crippen molar-refractivity contribution in [3.8, 4) is 0 Å². The zero-order valence-corrected chi connectivity index (χ0v) is 10.9. The number of hydrogen-bond donors (Lipinski definition) is 0. The Morgan fingerprint density at radius 1 is 1.41 bits per heavy atom. The molecule has 0 saturated carbocycles. The summed E-state index contributed by atoms with van der Waals surface area (Å²) in [6.45, 7) is 2.49. The van der Waals surface area contributed by atoms with Gasteiger partial charge in [0, 0.05) is 23.6 Å². The van der Waals surface area contributed by atoms with E-state index in [0.717, 1.165) is 11.3 Å². The number of rotatable bonds is 3. The molecule has 0 bridgehead atoms. The molecular weight excluding hydrogens is 261 g/mol. The van der Waals surface area contributed by atoms with Gasteiger partial charge in [0.2, 0.25) is 6.29 Å². The molecule has 0 aliphatic carbocycles. The minimum atomic E-state index is -0.349. The zero-order chi connectivity index (χ0) is 12.3. The molecule has 2 rings (SSSR count). The van der Waals surface area contributed by atoms with Crippen LogP contribution in [0.4, 0.5) is 0 Å². The summed E-state index contributed by atoms with van der Waals surface area (Å²) in [6, 6.07) is 7.36. The summed E-state index contributed by atoms with van der Waals surface area (Å²) in [5.74, 6) is 0. The summed E-state index contributed by atoms with van der Waals surface area (Å²) in [5, 5.41) is 4.50. The molecule has 5 heteroatoms. The highest BCUT2D eigenvalue weighted by molar-refractivity contribution is 6.35. The smallest absolute Gasteiger partial charge is 0.228 e. The number of oxime groups is 1. The Kier molecular flexibility index (Phi) is 4.26. The maximum absolute atomic E-state index is 6.26. The van der Waals surface area contributed by atoms with Gasteiger partial charge in [-0.05, 0) is 19.1 Å². The second-order valence-corrected chi connectivity index (χ2v) is 4.64. The van der Waals surface area contributed by atoms with Gasteiger partial charge in [0.05, 0.1) is 5.38 Å². The number of ether oxygens (including phenoxy) is 1. The first-order valence-electron chi connectivity index (χ1n) is 5.46. The molecule has 1 aromatic carbocycles. The van der Waals surface area contributed by atoms with Crippen molar-refractivity contribution in [3.05, 3.63) is 34.9 Å². The minimum absolute atomic E-state index is 0.207. The van der Waals surface area contributed by atoms with Crippen LogP contribution in [0.15, 0.2) is 29.4 Å². The highest BCUT2D eigenvalue weighted by Gasteiger charge is 2.27. The van der Waals surface area contributed by atoms with E-state index in [-0.39, 0.29) is 11.7 Å². The topological polar surface area (TPSA) is 30.8 Å². The van der Waals surface area contributed by atoms with E-state index in [1.54, 1.807) is 12.1 Å². The average molecular weight is 274 g/mol. The van der Waals surface area contributed by atoms with Gasteiger partial charge in [-0.2, -0.15) is 0 Å². The van der Waals surface area contributed by atoms with Crippen molar-refractivity contribution in [3.63, 3.8) is 0 Å². The van der Waals surface area contributed by atoms with Crippen molar-refractivity contribution < 1.29 is 9.57 Å². The fraction of sp³-hybridized carbons (Fsp3) is 0.417. The first kappa shape index (κ1) is 12.7. The van der Waals surface area contributed by atoms with Crippen LogP contribution < -0.4 is 0 Å². The van der Waals surface area contributed by atoms with E-state index in [1.165, 1.54) is 0 Å². The lowest BCUT2D eigenvalue weighted by molar-refractivity contribution is -0.146. The maximum Gasteiger partial charge on any atom is 0.228 e. The first-order chi connectivity index (χ1) is 8.20. The Morgan fingerprint density at radius 2 is 2.12 bits per heavy atom. The number of alkyl halides is 1. The van der Waals surface area contributed by atoms with Crippen LogP contribution in [-0.2, 0) is 9.57 Å². The number of benzene rings is 1. The second kappa shape index (κ2) is 5.71. The molecule has 0 saturated heterocycles. The summed E-state index contributed by atoms with van der Waals surface area (Å²) >= 11 is 12.1. The first-order valence-corrected chi connectivity index (χ1v) is 6.27. The lowest BCUT2D eigenvalue weighted by Gasteiger charge is -2.24. The Labute approximate surface area is 110 Å². The third-order valence-electron chi connectivity index (χ3n) is 2.46. The van der Waals surface area contributed by atoms with Gasteiger partial charge in [0.15, 0.2) is 0 Å². The van der Waals surface area contributed by atoms with E-state index in [0.29, 0.717) is 18.1 Å². The maximum atomic E-state index is 6.26. The van der Waals surface area contributed by atoms with Crippen LogP contribution in [0.25, 0.3) is 0 Å². The van der Waals surface area contributed by atoms with E-state index >= 15 is 0 Å². The Hall–Kier alpha value is -0.770. The van der Waals surface area contributed by atoms with Crippen LogP contribution >= 0.6 is 23.2 Å². The Bertz CT molecular complexity index is 405. The fourth-order valence-electron chi connectivity index (χ4n) is 1.63. The molecule has 1 aromatic rings. The standard InChI is InChI=1S/C12H13Cl2NO2/c1-2-16-11-7-10(14)12(15-17-11)8-3-5-9(13)6-4-8/h3-6,10-11H,2,7H2,1H3/t10-,11+/m0/s1. The number of halogens is 2. The molecule has 0 N–H and O–H groups in total. The van der Waals surface area contributed by atoms with Gasteiger partial charge >= 0.3 is 0 Å². The molecule has 0 radical (unpaired) electrons. The zero-order valence-electron chi connectivity index (χ0n) is 9.40. The van der Waals surface area contributed by atoms with Crippen molar-refractivity contribution in [1.29, 1.82) is 0 Å². The van der Waals surface area contributed by atoms with Crippen molar-refractivity contribution in [1.82, 2.24) is 0 Å². The van der Waals surface area contributed by atoms with Gasteiger partial charge in [0.1, 0.15) is 5.71 Å². The van der Waals surface area contributed by atoms with E-state index in [4.69, 9.17) is 32.8 Å². The Balaban J connectivity index is 2.14. The molecule has 1 heterocycles. The summed E-state index contributed by atoms with van der Waals surface area (Å²) in [4.78, 5) is 5.23. The van der Waals surface area contributed by atoms with E-state index in [1.807, 2.05) is 19.1 Å². The van der Waals surface area contributed by atoms with Crippen molar-refractivity contribution >= 4 is 28.9 Å². The molecule has 0 aromatic heterocycles. The average Bonchev–Trinajstić information content (AvgIpc) is 2.31. The minimum Gasteiger partial charge on any atom is -0.363 e. The van der Waals surface area contributed by atoms with Crippen molar-refractivity contribution in [2.24, 2.45) is 5.16 Å². The van der Waals surface area contributed by atoms with Crippen LogP contribution in [-0.4, -0.2) is 24.0 Å². The van der Waals surface area contributed by atoms with Crippen molar-refractivity contribution in [2.45, 2.75) is 25.0 Å². The SMILES string of the molecule is CCO[C@H]1C[C@H](Cl)C(c2ccc(Cl)cc2)=NO1. The summed E-state index contributed by atoms with van der Waals surface area (Å²) in [5.41, 5.74) is 1.64. The van der Waals surface area contributed by atoms with Gasteiger partial charge in [-0.3, -0.25) is 0 Å². The van der Waals surface area contributed by atoms with Crippen LogP contribution in [0, 0.1) is 0 Å². The van der Waals surface area contributed by atoms with Gasteiger partial charge in [-0.25, -0.2) is 0 Å². The summed E-state index contributed by atoms with van der Waals surface area (Å²) < 4.78 is 5.32. The molecule has 0 fully saturated rings. The highest BCUT2D eigenvalue weighted by Crippen LogP contribution is 2.23. The second-order valence-electron chi connectivity index (χ2n) is 3.68. The predicted octanol–water partition coefficient (Wildman–Crippen LogP) is 3.43. The lowest BCUT2D eigenvalue weighted by atomic mass is 10.0. The van der Waals surface area contributed by atoms with Crippen LogP contribution in [0.2, 0.25) is 5.02 Å².